The average Bonchev–Trinajstić information content (AvgIpc) is 2.88. The van der Waals surface area contributed by atoms with Crippen LogP contribution in [0.1, 0.15) is 38.5 Å². The van der Waals surface area contributed by atoms with E-state index < -0.39 is 0 Å². The van der Waals surface area contributed by atoms with Gasteiger partial charge in [0.2, 0.25) is 0 Å². The van der Waals surface area contributed by atoms with Gasteiger partial charge in [0, 0.05) is 16.1 Å². The van der Waals surface area contributed by atoms with Gasteiger partial charge in [-0.3, -0.25) is 0 Å². The molecule has 0 unspecified atom stereocenters. The van der Waals surface area contributed by atoms with Crippen LogP contribution >= 0.6 is 24.0 Å². The van der Waals surface area contributed by atoms with Gasteiger partial charge in [-0.2, -0.15) is 0 Å². The van der Waals surface area contributed by atoms with Gasteiger partial charge < -0.3 is 9.73 Å². The molecule has 1 aromatic carbocycles. The molecule has 0 atom stereocenters. The van der Waals surface area contributed by atoms with Crippen LogP contribution in [0.3, 0.4) is 0 Å². The van der Waals surface area contributed by atoms with Crippen molar-refractivity contribution in [3.8, 4) is 11.3 Å². The zero-order valence-corrected chi connectivity index (χ0v) is 14.6. The molecule has 0 fully saturated rings. The van der Waals surface area contributed by atoms with Gasteiger partial charge in [-0.15, -0.1) is 12.4 Å². The van der Waals surface area contributed by atoms with Crippen LogP contribution in [0.15, 0.2) is 34.7 Å². The number of hydrogen-bond donors (Lipinski definition) is 1. The summed E-state index contributed by atoms with van der Waals surface area (Å²) in [5.74, 6) is 1.82. The maximum absolute atomic E-state index is 6.16. The van der Waals surface area contributed by atoms with Crippen LogP contribution in [-0.2, 0) is 6.54 Å². The van der Waals surface area contributed by atoms with Crippen LogP contribution < -0.4 is 5.32 Å². The van der Waals surface area contributed by atoms with Crippen molar-refractivity contribution in [2.45, 2.75) is 46.2 Å². The Morgan fingerprint density at radius 3 is 2.57 bits per heavy atom. The molecule has 2 aromatic rings. The molecule has 0 saturated carbocycles. The standard InChI is InChI=1S/C17H22ClNO.ClH/c1-5-17(3,4)19-11-13-9-10-16(20-13)14-7-6-8-15(18)12(14)2;/h6-10,19H,5,11H2,1-4H3;1H. The van der Waals surface area contributed by atoms with Gasteiger partial charge in [0.1, 0.15) is 11.5 Å². The topological polar surface area (TPSA) is 25.2 Å². The van der Waals surface area contributed by atoms with Crippen LogP contribution in [0.25, 0.3) is 11.3 Å². The van der Waals surface area contributed by atoms with Gasteiger partial charge in [-0.1, -0.05) is 30.7 Å². The SMILES string of the molecule is CCC(C)(C)NCc1ccc(-c2cccc(Cl)c2C)o1.Cl. The van der Waals surface area contributed by atoms with Crippen molar-refractivity contribution < 1.29 is 4.42 Å². The van der Waals surface area contributed by atoms with Crippen molar-refractivity contribution in [1.82, 2.24) is 5.32 Å². The van der Waals surface area contributed by atoms with E-state index in [2.05, 4.69) is 26.1 Å². The fourth-order valence-electron chi connectivity index (χ4n) is 1.94. The van der Waals surface area contributed by atoms with Crippen LogP contribution in [-0.4, -0.2) is 5.54 Å². The van der Waals surface area contributed by atoms with E-state index in [1.165, 1.54) is 0 Å². The molecular formula is C17H23Cl2NO. The molecule has 0 spiro atoms. The third-order valence-corrected chi connectivity index (χ3v) is 4.23. The summed E-state index contributed by atoms with van der Waals surface area (Å²) in [6.45, 7) is 9.31. The van der Waals surface area contributed by atoms with E-state index in [1.54, 1.807) is 0 Å². The second-order valence-corrected chi connectivity index (χ2v) is 6.18. The monoisotopic (exact) mass is 327 g/mol. The molecule has 0 aliphatic rings. The van der Waals surface area contributed by atoms with Crippen molar-refractivity contribution in [3.05, 3.63) is 46.7 Å². The quantitative estimate of drug-likeness (QED) is 0.772. The first-order chi connectivity index (χ1) is 9.43. The van der Waals surface area contributed by atoms with Crippen molar-refractivity contribution in [2.24, 2.45) is 0 Å². The van der Waals surface area contributed by atoms with Gasteiger partial charge in [-0.05, 0) is 51.0 Å². The second-order valence-electron chi connectivity index (χ2n) is 5.77. The lowest BCUT2D eigenvalue weighted by atomic mass is 10.0. The van der Waals surface area contributed by atoms with Crippen molar-refractivity contribution in [1.29, 1.82) is 0 Å². The highest BCUT2D eigenvalue weighted by molar-refractivity contribution is 6.31. The van der Waals surface area contributed by atoms with Gasteiger partial charge in [0.15, 0.2) is 0 Å². The summed E-state index contributed by atoms with van der Waals surface area (Å²) in [4.78, 5) is 0. The fourth-order valence-corrected chi connectivity index (χ4v) is 2.12. The van der Waals surface area contributed by atoms with Crippen LogP contribution in [0, 0.1) is 6.92 Å². The molecule has 116 valence electrons. The number of benzene rings is 1. The Morgan fingerprint density at radius 2 is 1.90 bits per heavy atom. The molecule has 1 heterocycles. The lowest BCUT2D eigenvalue weighted by Gasteiger charge is -2.23. The second kappa shape index (κ2) is 7.35. The summed E-state index contributed by atoms with van der Waals surface area (Å²) in [5.41, 5.74) is 2.23. The van der Waals surface area contributed by atoms with Crippen molar-refractivity contribution in [2.75, 3.05) is 0 Å². The largest absolute Gasteiger partial charge is 0.460 e. The van der Waals surface area contributed by atoms with Gasteiger partial charge in [0.05, 0.1) is 6.54 Å². The zero-order valence-electron chi connectivity index (χ0n) is 13.0. The van der Waals surface area contributed by atoms with Crippen LogP contribution in [0.4, 0.5) is 0 Å². The third kappa shape index (κ3) is 4.50. The number of rotatable bonds is 5. The highest BCUT2D eigenvalue weighted by atomic mass is 35.5. The maximum Gasteiger partial charge on any atom is 0.134 e. The predicted octanol–water partition coefficient (Wildman–Crippen LogP) is 5.61. The normalized spacial score (nSPS) is 11.3. The molecule has 21 heavy (non-hydrogen) atoms. The number of furan rings is 1. The molecule has 0 aliphatic carbocycles. The van der Waals surface area contributed by atoms with Gasteiger partial charge >= 0.3 is 0 Å². The summed E-state index contributed by atoms with van der Waals surface area (Å²) in [7, 11) is 0. The summed E-state index contributed by atoms with van der Waals surface area (Å²) in [6, 6.07) is 9.91. The lowest BCUT2D eigenvalue weighted by molar-refractivity contribution is 0.353. The minimum absolute atomic E-state index is 0. The molecule has 1 aromatic heterocycles. The molecule has 2 rings (SSSR count). The minimum atomic E-state index is 0. The van der Waals surface area contributed by atoms with Crippen molar-refractivity contribution >= 4 is 24.0 Å². The Morgan fingerprint density at radius 1 is 1.19 bits per heavy atom. The molecular weight excluding hydrogens is 305 g/mol. The average molecular weight is 328 g/mol. The Hall–Kier alpha value is -0.960. The molecule has 0 saturated heterocycles. The van der Waals surface area contributed by atoms with Gasteiger partial charge in [0.25, 0.3) is 0 Å². The van der Waals surface area contributed by atoms with Crippen LogP contribution in [0.2, 0.25) is 5.02 Å². The molecule has 0 radical (unpaired) electrons. The molecule has 1 N–H and O–H groups in total. The van der Waals surface area contributed by atoms with Gasteiger partial charge in [-0.25, -0.2) is 0 Å². The predicted molar refractivity (Wildman–Crippen MR) is 92.3 cm³/mol. The number of hydrogen-bond acceptors (Lipinski definition) is 2. The molecule has 4 heteroatoms. The Balaban J connectivity index is 0.00000220. The Labute approximate surface area is 138 Å². The third-order valence-electron chi connectivity index (χ3n) is 3.82. The van der Waals surface area contributed by atoms with E-state index in [9.17, 15) is 0 Å². The number of nitrogens with one attached hydrogen (secondary N) is 1. The van der Waals surface area contributed by atoms with E-state index in [0.717, 1.165) is 40.6 Å². The summed E-state index contributed by atoms with van der Waals surface area (Å²) < 4.78 is 5.92. The highest BCUT2D eigenvalue weighted by Gasteiger charge is 2.15. The Kier molecular flexibility index (Phi) is 6.33. The summed E-state index contributed by atoms with van der Waals surface area (Å²) >= 11 is 6.16. The van der Waals surface area contributed by atoms with E-state index >= 15 is 0 Å². The van der Waals surface area contributed by atoms with E-state index in [0.29, 0.717) is 0 Å². The van der Waals surface area contributed by atoms with Crippen LogP contribution in [0.5, 0.6) is 0 Å². The van der Waals surface area contributed by atoms with E-state index in [4.69, 9.17) is 16.0 Å². The lowest BCUT2D eigenvalue weighted by Crippen LogP contribution is -2.37. The zero-order chi connectivity index (χ0) is 14.8. The fraction of sp³-hybridized carbons (Fsp3) is 0.412. The molecule has 0 amide bonds. The first-order valence-corrected chi connectivity index (χ1v) is 7.40. The first-order valence-electron chi connectivity index (χ1n) is 7.02. The highest BCUT2D eigenvalue weighted by Crippen LogP contribution is 2.29. The summed E-state index contributed by atoms with van der Waals surface area (Å²) in [6.07, 6.45) is 1.08. The van der Waals surface area contributed by atoms with E-state index in [1.807, 2.05) is 37.3 Å². The minimum Gasteiger partial charge on any atom is -0.460 e. The van der Waals surface area contributed by atoms with E-state index in [-0.39, 0.29) is 17.9 Å². The summed E-state index contributed by atoms with van der Waals surface area (Å²) in [5, 5.41) is 4.27. The smallest absolute Gasteiger partial charge is 0.134 e. The molecule has 2 nitrogen and oxygen atoms in total. The molecule has 0 aliphatic heterocycles. The maximum atomic E-state index is 6.16. The Bertz CT molecular complexity index is 590. The van der Waals surface area contributed by atoms with Crippen molar-refractivity contribution in [3.63, 3.8) is 0 Å². The molecule has 0 bridgehead atoms. The first kappa shape index (κ1) is 18.1. The number of halogens is 2.